The lowest BCUT2D eigenvalue weighted by Crippen LogP contribution is -2.06. The SMILES string of the molecule is CCCNc1cc(C(C)C)nc(-c2cnccc2C)n1. The highest BCUT2D eigenvalue weighted by atomic mass is 15.0. The maximum atomic E-state index is 4.68. The van der Waals surface area contributed by atoms with Crippen LogP contribution in [0.15, 0.2) is 24.5 Å². The van der Waals surface area contributed by atoms with Gasteiger partial charge in [-0.1, -0.05) is 20.8 Å². The first-order chi connectivity index (χ1) is 9.61. The molecule has 1 N–H and O–H groups in total. The second kappa shape index (κ2) is 6.46. The van der Waals surface area contributed by atoms with Gasteiger partial charge in [0, 0.05) is 36.3 Å². The second-order valence-corrected chi connectivity index (χ2v) is 5.27. The summed E-state index contributed by atoms with van der Waals surface area (Å²) in [5.74, 6) is 2.01. The number of rotatable bonds is 5. The number of aromatic nitrogens is 3. The summed E-state index contributed by atoms with van der Waals surface area (Å²) in [4.78, 5) is 13.5. The van der Waals surface area contributed by atoms with E-state index < -0.39 is 0 Å². The normalized spacial score (nSPS) is 10.8. The van der Waals surface area contributed by atoms with Gasteiger partial charge < -0.3 is 5.32 Å². The molecular formula is C16H22N4. The Morgan fingerprint density at radius 3 is 2.70 bits per heavy atom. The van der Waals surface area contributed by atoms with Crippen molar-refractivity contribution in [3.05, 3.63) is 35.8 Å². The molecular weight excluding hydrogens is 248 g/mol. The van der Waals surface area contributed by atoms with Crippen LogP contribution in [0.3, 0.4) is 0 Å². The van der Waals surface area contributed by atoms with Gasteiger partial charge in [-0.2, -0.15) is 0 Å². The third-order valence-electron chi connectivity index (χ3n) is 3.17. The highest BCUT2D eigenvalue weighted by Crippen LogP contribution is 2.23. The number of anilines is 1. The molecule has 2 heterocycles. The van der Waals surface area contributed by atoms with Crippen molar-refractivity contribution < 1.29 is 0 Å². The first-order valence-electron chi connectivity index (χ1n) is 7.15. The van der Waals surface area contributed by atoms with Crippen LogP contribution in [0.25, 0.3) is 11.4 Å². The number of nitrogens with one attached hydrogen (secondary N) is 1. The molecule has 20 heavy (non-hydrogen) atoms. The largest absolute Gasteiger partial charge is 0.370 e. The standard InChI is InChI=1S/C16H22N4/c1-5-7-18-15-9-14(11(2)3)19-16(20-15)13-10-17-8-6-12(13)4/h6,8-11H,5,7H2,1-4H3,(H,18,19,20). The molecule has 0 atom stereocenters. The fourth-order valence-corrected chi connectivity index (χ4v) is 1.92. The maximum Gasteiger partial charge on any atom is 0.163 e. The van der Waals surface area contributed by atoms with E-state index in [1.165, 1.54) is 0 Å². The molecule has 0 aliphatic rings. The van der Waals surface area contributed by atoms with E-state index in [0.29, 0.717) is 5.92 Å². The van der Waals surface area contributed by atoms with Gasteiger partial charge in [0.2, 0.25) is 0 Å². The summed E-state index contributed by atoms with van der Waals surface area (Å²) in [6, 6.07) is 4.02. The third kappa shape index (κ3) is 3.32. The van der Waals surface area contributed by atoms with Gasteiger partial charge >= 0.3 is 0 Å². The number of hydrogen-bond acceptors (Lipinski definition) is 4. The van der Waals surface area contributed by atoms with E-state index in [1.807, 2.05) is 18.3 Å². The molecule has 106 valence electrons. The molecule has 0 aliphatic heterocycles. The average Bonchev–Trinajstić information content (AvgIpc) is 2.45. The lowest BCUT2D eigenvalue weighted by atomic mass is 10.1. The van der Waals surface area contributed by atoms with Crippen molar-refractivity contribution >= 4 is 5.82 Å². The average molecular weight is 270 g/mol. The summed E-state index contributed by atoms with van der Waals surface area (Å²) in [6.45, 7) is 9.41. The summed E-state index contributed by atoms with van der Waals surface area (Å²) in [6.07, 6.45) is 4.70. The van der Waals surface area contributed by atoms with E-state index in [1.54, 1.807) is 6.20 Å². The molecule has 2 aromatic heterocycles. The first kappa shape index (κ1) is 14.4. The summed E-state index contributed by atoms with van der Waals surface area (Å²) >= 11 is 0. The Morgan fingerprint density at radius 2 is 2.05 bits per heavy atom. The zero-order valence-electron chi connectivity index (χ0n) is 12.6. The van der Waals surface area contributed by atoms with Crippen molar-refractivity contribution in [2.75, 3.05) is 11.9 Å². The van der Waals surface area contributed by atoms with Gasteiger partial charge in [0.25, 0.3) is 0 Å². The second-order valence-electron chi connectivity index (χ2n) is 5.27. The van der Waals surface area contributed by atoms with Crippen molar-refractivity contribution in [2.24, 2.45) is 0 Å². The zero-order chi connectivity index (χ0) is 14.5. The lowest BCUT2D eigenvalue weighted by molar-refractivity contribution is 0.815. The van der Waals surface area contributed by atoms with Crippen molar-refractivity contribution in [2.45, 2.75) is 40.0 Å². The summed E-state index contributed by atoms with van der Waals surface area (Å²) < 4.78 is 0. The molecule has 0 bridgehead atoms. The highest BCUT2D eigenvalue weighted by Gasteiger charge is 2.11. The van der Waals surface area contributed by atoms with Gasteiger partial charge in [0.05, 0.1) is 0 Å². The number of hydrogen-bond donors (Lipinski definition) is 1. The van der Waals surface area contributed by atoms with Crippen LogP contribution in [0, 0.1) is 6.92 Å². The Bertz CT molecular complexity index is 578. The summed E-state index contributed by atoms with van der Waals surface area (Å²) in [5.41, 5.74) is 3.19. The van der Waals surface area contributed by atoms with Crippen molar-refractivity contribution in [3.8, 4) is 11.4 Å². The Labute approximate surface area is 120 Å². The van der Waals surface area contributed by atoms with Crippen LogP contribution in [-0.2, 0) is 0 Å². The molecule has 0 radical (unpaired) electrons. The van der Waals surface area contributed by atoms with Gasteiger partial charge in [-0.3, -0.25) is 4.98 Å². The summed E-state index contributed by atoms with van der Waals surface area (Å²) in [7, 11) is 0. The molecule has 0 aromatic carbocycles. The van der Waals surface area contributed by atoms with Gasteiger partial charge in [0.1, 0.15) is 5.82 Å². The van der Waals surface area contributed by atoms with Gasteiger partial charge in [0.15, 0.2) is 5.82 Å². The van der Waals surface area contributed by atoms with Crippen molar-refractivity contribution in [1.29, 1.82) is 0 Å². The minimum Gasteiger partial charge on any atom is -0.370 e. The maximum absolute atomic E-state index is 4.68. The van der Waals surface area contributed by atoms with Crippen LogP contribution < -0.4 is 5.32 Å². The van der Waals surface area contributed by atoms with Gasteiger partial charge in [-0.15, -0.1) is 0 Å². The lowest BCUT2D eigenvalue weighted by Gasteiger charge is -2.12. The highest BCUT2D eigenvalue weighted by molar-refractivity contribution is 5.60. The van der Waals surface area contributed by atoms with Crippen LogP contribution in [0.5, 0.6) is 0 Å². The van der Waals surface area contributed by atoms with Crippen molar-refractivity contribution in [1.82, 2.24) is 15.0 Å². The van der Waals surface area contributed by atoms with Crippen LogP contribution in [0.4, 0.5) is 5.82 Å². The Kier molecular flexibility index (Phi) is 4.66. The minimum atomic E-state index is 0.371. The quantitative estimate of drug-likeness (QED) is 0.898. The molecule has 0 spiro atoms. The fraction of sp³-hybridized carbons (Fsp3) is 0.438. The number of aryl methyl sites for hydroxylation is 1. The molecule has 0 saturated heterocycles. The van der Waals surface area contributed by atoms with Gasteiger partial charge in [-0.05, 0) is 30.9 Å². The molecule has 0 fully saturated rings. The molecule has 0 saturated carbocycles. The van der Waals surface area contributed by atoms with Crippen LogP contribution in [-0.4, -0.2) is 21.5 Å². The fourth-order valence-electron chi connectivity index (χ4n) is 1.92. The van der Waals surface area contributed by atoms with E-state index in [0.717, 1.165) is 41.4 Å². The van der Waals surface area contributed by atoms with E-state index in [4.69, 9.17) is 0 Å². The predicted octanol–water partition coefficient (Wildman–Crippen LogP) is 3.79. The van der Waals surface area contributed by atoms with E-state index in [2.05, 4.69) is 48.0 Å². The molecule has 0 aliphatic carbocycles. The van der Waals surface area contributed by atoms with Crippen molar-refractivity contribution in [3.63, 3.8) is 0 Å². The third-order valence-corrected chi connectivity index (χ3v) is 3.17. The molecule has 4 nitrogen and oxygen atoms in total. The molecule has 0 unspecified atom stereocenters. The molecule has 2 rings (SSSR count). The predicted molar refractivity (Wildman–Crippen MR) is 82.9 cm³/mol. The first-order valence-corrected chi connectivity index (χ1v) is 7.15. The Morgan fingerprint density at radius 1 is 1.25 bits per heavy atom. The topological polar surface area (TPSA) is 50.7 Å². The zero-order valence-corrected chi connectivity index (χ0v) is 12.6. The smallest absolute Gasteiger partial charge is 0.163 e. The van der Waals surface area contributed by atoms with Crippen LogP contribution >= 0.6 is 0 Å². The molecule has 0 amide bonds. The van der Waals surface area contributed by atoms with Crippen LogP contribution in [0.1, 0.15) is 44.4 Å². The summed E-state index contributed by atoms with van der Waals surface area (Å²) in [5, 5.41) is 3.35. The van der Waals surface area contributed by atoms with E-state index >= 15 is 0 Å². The number of nitrogens with zero attached hydrogens (tertiary/aromatic N) is 3. The van der Waals surface area contributed by atoms with E-state index in [-0.39, 0.29) is 0 Å². The Balaban J connectivity index is 2.46. The molecule has 2 aromatic rings. The minimum absolute atomic E-state index is 0.371. The van der Waals surface area contributed by atoms with E-state index in [9.17, 15) is 0 Å². The van der Waals surface area contributed by atoms with Crippen LogP contribution in [0.2, 0.25) is 0 Å². The Hall–Kier alpha value is -1.97. The van der Waals surface area contributed by atoms with Gasteiger partial charge in [-0.25, -0.2) is 9.97 Å². The monoisotopic (exact) mass is 270 g/mol. The molecule has 4 heteroatoms. The number of pyridine rings is 1.